The van der Waals surface area contributed by atoms with Gasteiger partial charge in [0, 0.05) is 0 Å². The van der Waals surface area contributed by atoms with Crippen molar-refractivity contribution in [2.45, 2.75) is 51.9 Å². The van der Waals surface area contributed by atoms with Gasteiger partial charge in [0.25, 0.3) is 0 Å². The van der Waals surface area contributed by atoms with Gasteiger partial charge in [-0.05, 0) is 30.6 Å². The molecule has 1 atom stereocenters. The molecule has 1 spiro atoms. The molecule has 2 aliphatic rings. The first-order valence-corrected chi connectivity index (χ1v) is 4.83. The molecule has 0 N–H and O–H groups in total. The van der Waals surface area contributed by atoms with Crippen molar-refractivity contribution in [3.63, 3.8) is 0 Å². The minimum absolute atomic E-state index is 0.847. The van der Waals surface area contributed by atoms with E-state index in [1.807, 2.05) is 0 Å². The quantitative estimate of drug-likeness (QED) is 0.481. The largest absolute Gasteiger partial charge is 0.0620 e. The molecule has 0 nitrogen and oxygen atoms in total. The zero-order valence-electron chi connectivity index (χ0n) is 7.03. The van der Waals surface area contributed by atoms with Crippen LogP contribution >= 0.6 is 0 Å². The SMILES string of the molecule is C[C@@H]1CCCC12CCCC2. The molecule has 2 fully saturated rings. The van der Waals surface area contributed by atoms with E-state index in [-0.39, 0.29) is 0 Å². The molecule has 0 aliphatic heterocycles. The van der Waals surface area contributed by atoms with E-state index >= 15 is 0 Å². The van der Waals surface area contributed by atoms with Gasteiger partial charge in [-0.2, -0.15) is 0 Å². The first-order chi connectivity index (χ1) is 4.83. The van der Waals surface area contributed by atoms with Crippen LogP contribution in [0.15, 0.2) is 0 Å². The predicted molar refractivity (Wildman–Crippen MR) is 43.9 cm³/mol. The van der Waals surface area contributed by atoms with E-state index in [1.54, 1.807) is 19.3 Å². The Labute approximate surface area is 64.0 Å². The van der Waals surface area contributed by atoms with Crippen LogP contribution in [0, 0.1) is 11.3 Å². The summed E-state index contributed by atoms with van der Waals surface area (Å²) in [5.41, 5.74) is 0.847. The number of hydrogen-bond acceptors (Lipinski definition) is 0. The highest BCUT2D eigenvalue weighted by molar-refractivity contribution is 4.92. The molecule has 0 unspecified atom stereocenters. The Morgan fingerprint density at radius 1 is 1.00 bits per heavy atom. The van der Waals surface area contributed by atoms with E-state index < -0.39 is 0 Å². The van der Waals surface area contributed by atoms with Gasteiger partial charge in [0.1, 0.15) is 0 Å². The third-order valence-corrected chi connectivity index (χ3v) is 3.96. The van der Waals surface area contributed by atoms with Crippen LogP contribution in [0.5, 0.6) is 0 Å². The number of hydrogen-bond donors (Lipinski definition) is 0. The fourth-order valence-electron chi connectivity index (χ4n) is 3.13. The molecule has 0 heterocycles. The molecule has 0 saturated heterocycles. The lowest BCUT2D eigenvalue weighted by molar-refractivity contribution is 0.224. The fourth-order valence-corrected chi connectivity index (χ4v) is 3.13. The predicted octanol–water partition coefficient (Wildman–Crippen LogP) is 3.37. The van der Waals surface area contributed by atoms with Crippen molar-refractivity contribution in [2.24, 2.45) is 11.3 Å². The highest BCUT2D eigenvalue weighted by Crippen LogP contribution is 2.53. The standard InChI is InChI=1S/C10H18/c1-9-5-4-8-10(9)6-2-3-7-10/h9H,2-8H2,1H3/t9-/m1/s1. The third kappa shape index (κ3) is 0.810. The molecule has 58 valence electrons. The monoisotopic (exact) mass is 138 g/mol. The summed E-state index contributed by atoms with van der Waals surface area (Å²) in [6, 6.07) is 0. The molecule has 0 bridgehead atoms. The summed E-state index contributed by atoms with van der Waals surface area (Å²) in [5, 5.41) is 0. The van der Waals surface area contributed by atoms with Crippen LogP contribution in [0.25, 0.3) is 0 Å². The highest BCUT2D eigenvalue weighted by atomic mass is 14.5. The first-order valence-electron chi connectivity index (χ1n) is 4.83. The molecule has 0 aromatic heterocycles. The maximum Gasteiger partial charge on any atom is -0.0272 e. The van der Waals surface area contributed by atoms with Gasteiger partial charge in [0.05, 0.1) is 0 Å². The summed E-state index contributed by atoms with van der Waals surface area (Å²) >= 11 is 0. The fraction of sp³-hybridized carbons (Fsp3) is 1.00. The van der Waals surface area contributed by atoms with Crippen molar-refractivity contribution < 1.29 is 0 Å². The van der Waals surface area contributed by atoms with E-state index in [1.165, 1.54) is 25.7 Å². The van der Waals surface area contributed by atoms with Crippen LogP contribution in [0.2, 0.25) is 0 Å². The van der Waals surface area contributed by atoms with E-state index in [2.05, 4.69) is 6.92 Å². The molecule has 10 heavy (non-hydrogen) atoms. The Kier molecular flexibility index (Phi) is 1.51. The molecule has 0 amide bonds. The van der Waals surface area contributed by atoms with E-state index in [0.29, 0.717) is 0 Å². The molecule has 0 aromatic rings. The van der Waals surface area contributed by atoms with Crippen LogP contribution < -0.4 is 0 Å². The van der Waals surface area contributed by atoms with Gasteiger partial charge < -0.3 is 0 Å². The molecule has 0 radical (unpaired) electrons. The average molecular weight is 138 g/mol. The molecule has 0 aromatic carbocycles. The first kappa shape index (κ1) is 6.69. The summed E-state index contributed by atoms with van der Waals surface area (Å²) in [6.45, 7) is 2.47. The maximum absolute atomic E-state index is 2.47. The van der Waals surface area contributed by atoms with Gasteiger partial charge in [-0.15, -0.1) is 0 Å². The van der Waals surface area contributed by atoms with Crippen LogP contribution in [0.1, 0.15) is 51.9 Å². The Balaban J connectivity index is 2.11. The van der Waals surface area contributed by atoms with Crippen LogP contribution in [-0.4, -0.2) is 0 Å². The van der Waals surface area contributed by atoms with Gasteiger partial charge >= 0.3 is 0 Å². The van der Waals surface area contributed by atoms with Crippen molar-refractivity contribution in [2.75, 3.05) is 0 Å². The second-order valence-electron chi connectivity index (χ2n) is 4.36. The minimum atomic E-state index is 0.847. The van der Waals surface area contributed by atoms with Gasteiger partial charge in [-0.25, -0.2) is 0 Å². The van der Waals surface area contributed by atoms with E-state index in [4.69, 9.17) is 0 Å². The van der Waals surface area contributed by atoms with Crippen molar-refractivity contribution in [3.8, 4) is 0 Å². The van der Waals surface area contributed by atoms with Gasteiger partial charge in [0.2, 0.25) is 0 Å². The summed E-state index contributed by atoms with van der Waals surface area (Å²) in [7, 11) is 0. The minimum Gasteiger partial charge on any atom is -0.0620 e. The zero-order chi connectivity index (χ0) is 7.03. The Hall–Kier alpha value is 0. The van der Waals surface area contributed by atoms with Crippen molar-refractivity contribution in [3.05, 3.63) is 0 Å². The Bertz CT molecular complexity index is 114. The third-order valence-electron chi connectivity index (χ3n) is 3.96. The summed E-state index contributed by atoms with van der Waals surface area (Å²) in [5.74, 6) is 1.05. The smallest absolute Gasteiger partial charge is 0.0272 e. The van der Waals surface area contributed by atoms with Crippen LogP contribution in [0.4, 0.5) is 0 Å². The second kappa shape index (κ2) is 2.25. The highest BCUT2D eigenvalue weighted by Gasteiger charge is 2.41. The average Bonchev–Trinajstić information content (AvgIpc) is 2.48. The normalized spacial score (nSPS) is 37.5. The molecule has 0 heteroatoms. The molecular weight excluding hydrogens is 120 g/mol. The van der Waals surface area contributed by atoms with Crippen LogP contribution in [-0.2, 0) is 0 Å². The number of rotatable bonds is 0. The van der Waals surface area contributed by atoms with Gasteiger partial charge in [0.15, 0.2) is 0 Å². The van der Waals surface area contributed by atoms with E-state index in [0.717, 1.165) is 11.3 Å². The second-order valence-corrected chi connectivity index (χ2v) is 4.36. The summed E-state index contributed by atoms with van der Waals surface area (Å²) in [4.78, 5) is 0. The molecule has 2 rings (SSSR count). The Morgan fingerprint density at radius 2 is 1.60 bits per heavy atom. The lowest BCUT2D eigenvalue weighted by Gasteiger charge is -2.28. The van der Waals surface area contributed by atoms with Crippen molar-refractivity contribution in [1.29, 1.82) is 0 Å². The van der Waals surface area contributed by atoms with Gasteiger partial charge in [-0.3, -0.25) is 0 Å². The maximum atomic E-state index is 2.47. The summed E-state index contributed by atoms with van der Waals surface area (Å²) in [6.07, 6.45) is 10.7. The zero-order valence-corrected chi connectivity index (χ0v) is 7.03. The lowest BCUT2D eigenvalue weighted by Crippen LogP contribution is -2.18. The molecule has 2 aliphatic carbocycles. The summed E-state index contributed by atoms with van der Waals surface area (Å²) < 4.78 is 0. The van der Waals surface area contributed by atoms with Crippen molar-refractivity contribution >= 4 is 0 Å². The van der Waals surface area contributed by atoms with Crippen molar-refractivity contribution in [1.82, 2.24) is 0 Å². The lowest BCUT2D eigenvalue weighted by atomic mass is 9.77. The molecular formula is C10H18. The molecule has 2 saturated carbocycles. The van der Waals surface area contributed by atoms with Crippen LogP contribution in [0.3, 0.4) is 0 Å². The Morgan fingerprint density at radius 3 is 2.10 bits per heavy atom. The topological polar surface area (TPSA) is 0 Å². The van der Waals surface area contributed by atoms with E-state index in [9.17, 15) is 0 Å². The van der Waals surface area contributed by atoms with Gasteiger partial charge in [-0.1, -0.05) is 32.6 Å².